The van der Waals surface area contributed by atoms with Crippen molar-refractivity contribution in [2.45, 2.75) is 43.9 Å². The SMILES string of the molecule is O=C(CCC[N+]12CCC(CC1)C[C@H]2OC(=O)C(O)(c1ccco1)c1cccs1)c1ccccc1. The fourth-order valence-electron chi connectivity index (χ4n) is 5.52. The van der Waals surface area contributed by atoms with Crippen molar-refractivity contribution in [1.82, 2.24) is 0 Å². The number of nitrogens with zero attached hydrogens (tertiary/aromatic N) is 1. The molecule has 1 N–H and O–H groups in total. The van der Waals surface area contributed by atoms with Gasteiger partial charge in [0.2, 0.25) is 6.23 Å². The Morgan fingerprint density at radius 3 is 2.56 bits per heavy atom. The van der Waals surface area contributed by atoms with Gasteiger partial charge < -0.3 is 14.3 Å². The van der Waals surface area contributed by atoms with Crippen molar-refractivity contribution in [2.24, 2.45) is 5.92 Å². The first-order chi connectivity index (χ1) is 16.5. The van der Waals surface area contributed by atoms with E-state index in [2.05, 4.69) is 0 Å². The van der Waals surface area contributed by atoms with Crippen LogP contribution in [0.25, 0.3) is 0 Å². The molecule has 6 rings (SSSR count). The number of rotatable bonds is 9. The molecule has 6 nitrogen and oxygen atoms in total. The van der Waals surface area contributed by atoms with Gasteiger partial charge in [-0.15, -0.1) is 11.3 Å². The molecule has 0 amide bonds. The summed E-state index contributed by atoms with van der Waals surface area (Å²) < 4.78 is 12.3. The van der Waals surface area contributed by atoms with Gasteiger partial charge in [-0.3, -0.25) is 9.28 Å². The van der Waals surface area contributed by atoms with Crippen molar-refractivity contribution in [2.75, 3.05) is 19.6 Å². The zero-order valence-corrected chi connectivity index (χ0v) is 19.9. The Kier molecular flexibility index (Phi) is 6.42. The summed E-state index contributed by atoms with van der Waals surface area (Å²) in [5, 5.41) is 13.4. The molecule has 0 saturated carbocycles. The Balaban J connectivity index is 1.32. The van der Waals surface area contributed by atoms with Gasteiger partial charge in [-0.25, -0.2) is 4.79 Å². The highest BCUT2D eigenvalue weighted by Crippen LogP contribution is 2.42. The van der Waals surface area contributed by atoms with Gasteiger partial charge in [-0.2, -0.15) is 0 Å². The van der Waals surface area contributed by atoms with Crippen LogP contribution in [-0.4, -0.2) is 47.2 Å². The number of ether oxygens (including phenoxy) is 1. The van der Waals surface area contributed by atoms with Crippen molar-refractivity contribution < 1.29 is 28.3 Å². The minimum absolute atomic E-state index is 0.143. The largest absolute Gasteiger partial charge is 0.465 e. The van der Waals surface area contributed by atoms with Crippen LogP contribution in [0.1, 0.15) is 53.1 Å². The van der Waals surface area contributed by atoms with E-state index in [9.17, 15) is 14.7 Å². The Labute approximate surface area is 203 Å². The lowest BCUT2D eigenvalue weighted by molar-refractivity contribution is -0.984. The predicted molar refractivity (Wildman–Crippen MR) is 128 cm³/mol. The summed E-state index contributed by atoms with van der Waals surface area (Å²) in [6.45, 7) is 2.64. The number of aliphatic hydroxyl groups is 1. The van der Waals surface area contributed by atoms with Crippen molar-refractivity contribution in [3.05, 3.63) is 82.4 Å². The second-order valence-electron chi connectivity index (χ2n) is 9.49. The lowest BCUT2D eigenvalue weighted by atomic mass is 9.84. The molecule has 0 radical (unpaired) electrons. The maximum absolute atomic E-state index is 13.5. The molecule has 3 aliphatic rings. The molecule has 2 aromatic heterocycles. The minimum Gasteiger partial charge on any atom is -0.465 e. The molecule has 1 aromatic carbocycles. The highest BCUT2D eigenvalue weighted by atomic mass is 32.1. The monoisotopic (exact) mass is 480 g/mol. The van der Waals surface area contributed by atoms with E-state index in [1.54, 1.807) is 24.3 Å². The van der Waals surface area contributed by atoms with Gasteiger partial charge in [0.05, 0.1) is 30.8 Å². The molecule has 2 atom stereocenters. The van der Waals surface area contributed by atoms with Gasteiger partial charge in [0.25, 0.3) is 5.60 Å². The molecular formula is C27H30NO5S+. The molecule has 1 unspecified atom stereocenters. The van der Waals surface area contributed by atoms with Crippen LogP contribution in [-0.2, 0) is 15.1 Å². The average molecular weight is 481 g/mol. The fourth-order valence-corrected chi connectivity index (χ4v) is 6.33. The van der Waals surface area contributed by atoms with E-state index >= 15 is 0 Å². The molecule has 2 bridgehead atoms. The topological polar surface area (TPSA) is 76.7 Å². The summed E-state index contributed by atoms with van der Waals surface area (Å²) >= 11 is 1.29. The number of furan rings is 1. The van der Waals surface area contributed by atoms with Crippen LogP contribution in [0.5, 0.6) is 0 Å². The van der Waals surface area contributed by atoms with Gasteiger partial charge in [0.15, 0.2) is 11.5 Å². The number of hydrogen-bond donors (Lipinski definition) is 1. The Bertz CT molecular complexity index is 1070. The van der Waals surface area contributed by atoms with Crippen molar-refractivity contribution in [3.63, 3.8) is 0 Å². The number of carbonyl (C=O) groups is 2. The van der Waals surface area contributed by atoms with Crippen molar-refractivity contribution in [3.8, 4) is 0 Å². The fraction of sp³-hybridized carbons (Fsp3) is 0.407. The summed E-state index contributed by atoms with van der Waals surface area (Å²) in [5.41, 5.74) is -1.23. The molecule has 0 spiro atoms. The van der Waals surface area contributed by atoms with Gasteiger partial charge in [0.1, 0.15) is 0 Å². The summed E-state index contributed by atoms with van der Waals surface area (Å²) in [6, 6.07) is 16.2. The number of hydrogen-bond acceptors (Lipinski definition) is 6. The number of fused-ring (bicyclic) bond motifs is 3. The van der Waals surface area contributed by atoms with Crippen LogP contribution in [0.3, 0.4) is 0 Å². The molecule has 5 heterocycles. The van der Waals surface area contributed by atoms with Crippen molar-refractivity contribution >= 4 is 23.1 Å². The first-order valence-electron chi connectivity index (χ1n) is 12.0. The number of Topliss-reactive ketones (excluding diaryl/α,β-unsaturated/α-hetero) is 1. The lowest BCUT2D eigenvalue weighted by Crippen LogP contribution is -2.66. The number of ketones is 1. The lowest BCUT2D eigenvalue weighted by Gasteiger charge is -2.53. The number of piperidine rings is 3. The van der Waals surface area contributed by atoms with E-state index < -0.39 is 11.6 Å². The molecule has 178 valence electrons. The molecular weight excluding hydrogens is 450 g/mol. The van der Waals surface area contributed by atoms with E-state index in [-0.39, 0.29) is 17.8 Å². The van der Waals surface area contributed by atoms with Crippen LogP contribution in [0, 0.1) is 5.92 Å². The minimum atomic E-state index is -1.97. The third-order valence-corrected chi connectivity index (χ3v) is 8.49. The van der Waals surface area contributed by atoms with Crippen LogP contribution in [0.15, 0.2) is 70.7 Å². The number of thiophene rings is 1. The zero-order chi connectivity index (χ0) is 23.6. The maximum Gasteiger partial charge on any atom is 0.356 e. The van der Waals surface area contributed by atoms with Gasteiger partial charge in [-0.1, -0.05) is 36.4 Å². The van der Waals surface area contributed by atoms with Crippen LogP contribution in [0.4, 0.5) is 0 Å². The number of esters is 1. The normalized spacial score (nSPS) is 25.6. The van der Waals surface area contributed by atoms with Gasteiger partial charge >= 0.3 is 5.97 Å². The standard InChI is InChI=1S/C27H30NO5S/c29-22(21-7-2-1-3-8-21)9-4-14-28-15-12-20(13-16-28)19-25(28)33-26(30)27(31,23-10-5-17-32-23)24-11-6-18-34-24/h1-3,5-8,10-11,17-18,20,25,31H,4,9,12-16,19H2/q+1/t20?,25-,27?,28?/m1/s1. The second-order valence-corrected chi connectivity index (χ2v) is 10.4. The smallest absolute Gasteiger partial charge is 0.356 e. The quantitative estimate of drug-likeness (QED) is 0.272. The molecule has 34 heavy (non-hydrogen) atoms. The van der Waals surface area contributed by atoms with E-state index in [1.807, 2.05) is 35.7 Å². The highest BCUT2D eigenvalue weighted by Gasteiger charge is 2.53. The van der Waals surface area contributed by atoms with Crippen LogP contribution in [0.2, 0.25) is 0 Å². The Morgan fingerprint density at radius 1 is 1.09 bits per heavy atom. The third-order valence-electron chi connectivity index (χ3n) is 7.51. The number of quaternary nitrogens is 1. The molecule has 3 saturated heterocycles. The first kappa shape index (κ1) is 23.0. The summed E-state index contributed by atoms with van der Waals surface area (Å²) in [5.74, 6) is 0.141. The molecule has 3 fully saturated rings. The Morgan fingerprint density at radius 2 is 1.88 bits per heavy atom. The molecule has 3 aliphatic heterocycles. The van der Waals surface area contributed by atoms with Crippen LogP contribution >= 0.6 is 11.3 Å². The first-order valence-corrected chi connectivity index (χ1v) is 12.8. The Hall–Kier alpha value is -2.74. The summed E-state index contributed by atoms with van der Waals surface area (Å²) in [7, 11) is 0. The summed E-state index contributed by atoms with van der Waals surface area (Å²) in [6.07, 6.45) is 5.33. The second kappa shape index (κ2) is 9.49. The van der Waals surface area contributed by atoms with Crippen molar-refractivity contribution in [1.29, 1.82) is 0 Å². The third kappa shape index (κ3) is 4.24. The molecule has 0 aliphatic carbocycles. The van der Waals surface area contributed by atoms with E-state index in [0.29, 0.717) is 21.7 Å². The van der Waals surface area contributed by atoms with E-state index in [4.69, 9.17) is 9.15 Å². The van der Waals surface area contributed by atoms with Gasteiger partial charge in [0, 0.05) is 37.7 Å². The van der Waals surface area contributed by atoms with E-state index in [0.717, 1.165) is 50.9 Å². The molecule has 3 aromatic rings. The zero-order valence-electron chi connectivity index (χ0n) is 19.1. The maximum atomic E-state index is 13.5. The predicted octanol–water partition coefficient (Wildman–Crippen LogP) is 4.74. The van der Waals surface area contributed by atoms with E-state index in [1.165, 1.54) is 17.6 Å². The highest BCUT2D eigenvalue weighted by molar-refractivity contribution is 7.10. The van der Waals surface area contributed by atoms with Gasteiger partial charge in [-0.05, 0) is 29.5 Å². The number of benzene rings is 1. The molecule has 7 heteroatoms. The summed E-state index contributed by atoms with van der Waals surface area (Å²) in [4.78, 5) is 26.6. The average Bonchev–Trinajstić information content (AvgIpc) is 3.60. The van der Waals surface area contributed by atoms with Crippen LogP contribution < -0.4 is 0 Å². The number of carbonyl (C=O) groups excluding carboxylic acids is 2.